The van der Waals surface area contributed by atoms with Crippen molar-refractivity contribution in [2.75, 3.05) is 13.1 Å². The van der Waals surface area contributed by atoms with Crippen molar-refractivity contribution < 1.29 is 9.53 Å². The summed E-state index contributed by atoms with van der Waals surface area (Å²) in [5.74, 6) is 0.711. The van der Waals surface area contributed by atoms with E-state index in [2.05, 4.69) is 15.0 Å². The van der Waals surface area contributed by atoms with E-state index in [0.717, 1.165) is 29.8 Å². The molecule has 2 N–H and O–H groups in total. The van der Waals surface area contributed by atoms with Gasteiger partial charge in [-0.15, -0.1) is 0 Å². The van der Waals surface area contributed by atoms with Gasteiger partial charge < -0.3 is 20.0 Å². The molecule has 0 saturated carbocycles. The lowest BCUT2D eigenvalue weighted by molar-refractivity contribution is 0.00191. The van der Waals surface area contributed by atoms with Crippen molar-refractivity contribution in [2.45, 2.75) is 51.3 Å². The number of fused-ring (bicyclic) bond motifs is 2. The van der Waals surface area contributed by atoms with Crippen LogP contribution in [0.2, 0.25) is 0 Å². The van der Waals surface area contributed by atoms with Crippen LogP contribution in [0.5, 0.6) is 0 Å². The van der Waals surface area contributed by atoms with Gasteiger partial charge in [0.05, 0.1) is 29.7 Å². The molecule has 0 aliphatic carbocycles. The predicted octanol–water partition coefficient (Wildman–Crippen LogP) is 2.88. The molecule has 2 aliphatic rings. The van der Waals surface area contributed by atoms with Crippen LogP contribution in [0.25, 0.3) is 17.0 Å². The highest BCUT2D eigenvalue weighted by Gasteiger charge is 2.45. The zero-order valence-electron chi connectivity index (χ0n) is 17.9. The molecule has 2 fully saturated rings. The maximum Gasteiger partial charge on any atom is 0.410 e. The van der Waals surface area contributed by atoms with Crippen LogP contribution in [0.3, 0.4) is 0 Å². The Hall–Kier alpha value is -3.10. The number of nitrogens with zero attached hydrogens (tertiary/aromatic N) is 5. The van der Waals surface area contributed by atoms with E-state index >= 15 is 0 Å². The van der Waals surface area contributed by atoms with Gasteiger partial charge in [-0.2, -0.15) is 5.10 Å². The highest BCUT2D eigenvalue weighted by molar-refractivity contribution is 5.81. The molecule has 4 rings (SSSR count). The average Bonchev–Trinajstić information content (AvgIpc) is 3.36. The second kappa shape index (κ2) is 7.62. The Labute approximate surface area is 176 Å². The summed E-state index contributed by atoms with van der Waals surface area (Å²) in [4.78, 5) is 24.8. The summed E-state index contributed by atoms with van der Waals surface area (Å²) < 4.78 is 7.37. The Kier molecular flexibility index (Phi) is 5.13. The second-order valence-electron chi connectivity index (χ2n) is 8.93. The number of ether oxygens (including phenoxy) is 1. The van der Waals surface area contributed by atoms with E-state index in [9.17, 15) is 4.79 Å². The molecule has 1 amide bonds. The van der Waals surface area contributed by atoms with E-state index in [-0.39, 0.29) is 18.2 Å². The van der Waals surface area contributed by atoms with Gasteiger partial charge in [0.2, 0.25) is 0 Å². The number of nitrogens with one attached hydrogen (secondary N) is 2. The first-order valence-electron chi connectivity index (χ1n) is 10.3. The molecule has 9 heteroatoms. The molecule has 160 valence electrons. The molecule has 0 aromatic carbocycles. The average molecular weight is 412 g/mol. The normalized spacial score (nSPS) is 21.8. The minimum Gasteiger partial charge on any atom is -0.444 e. The highest BCUT2D eigenvalue weighted by Crippen LogP contribution is 2.35. The topological polar surface area (TPSA) is 103 Å². The van der Waals surface area contributed by atoms with E-state index in [0.29, 0.717) is 18.9 Å². The van der Waals surface area contributed by atoms with E-state index in [1.54, 1.807) is 17.0 Å². The third kappa shape index (κ3) is 3.96. The molecule has 30 heavy (non-hydrogen) atoms. The Morgan fingerprint density at radius 1 is 1.30 bits per heavy atom. The second-order valence-corrected chi connectivity index (χ2v) is 8.93. The number of hydrogen-bond acceptors (Lipinski definition) is 6. The molecule has 2 atom stereocenters. The quantitative estimate of drug-likeness (QED) is 0.753. The minimum atomic E-state index is -0.504. The summed E-state index contributed by atoms with van der Waals surface area (Å²) in [6, 6.07) is 0.195. The molecule has 2 bridgehead atoms. The summed E-state index contributed by atoms with van der Waals surface area (Å²) >= 11 is 0. The van der Waals surface area contributed by atoms with Gasteiger partial charge in [0.25, 0.3) is 0 Å². The Balaban J connectivity index is 1.53. The van der Waals surface area contributed by atoms with Crippen LogP contribution in [0, 0.1) is 5.41 Å². The third-order valence-electron chi connectivity index (χ3n) is 5.49. The van der Waals surface area contributed by atoms with Crippen LogP contribution in [0.1, 0.15) is 39.4 Å². The van der Waals surface area contributed by atoms with E-state index in [4.69, 9.17) is 15.1 Å². The number of carbonyl (C=O) groups is 1. The molecule has 2 unspecified atom stereocenters. The molecule has 2 aromatic heterocycles. The first kappa shape index (κ1) is 20.2. The first-order chi connectivity index (χ1) is 14.2. The van der Waals surface area contributed by atoms with Gasteiger partial charge in [0.1, 0.15) is 5.60 Å². The fraction of sp³-hybridized carbons (Fsp3) is 0.524. The van der Waals surface area contributed by atoms with Crippen molar-refractivity contribution in [2.24, 2.45) is 7.05 Å². The summed E-state index contributed by atoms with van der Waals surface area (Å²) in [6.07, 6.45) is 10.3. The van der Waals surface area contributed by atoms with Crippen LogP contribution >= 0.6 is 0 Å². The molecule has 0 radical (unpaired) electrons. The number of aromatic amines is 1. The standard InChI is InChI=1S/C21H29N7O2/c1-21(2,3)30-20(29)28-15-5-6-16(28)13-27(12-15)18(7-8-22)19-23-10-17(25-19)14-9-24-26(4)11-14/h7-11,15-16,22H,5-6,12-13H2,1-4H3,(H,23,25)/b18-7+,22-8?. The fourth-order valence-electron chi connectivity index (χ4n) is 4.28. The van der Waals surface area contributed by atoms with Crippen molar-refractivity contribution in [1.82, 2.24) is 29.5 Å². The summed E-state index contributed by atoms with van der Waals surface area (Å²) in [5, 5.41) is 11.8. The molecule has 9 nitrogen and oxygen atoms in total. The maximum atomic E-state index is 12.7. The number of amides is 1. The fourth-order valence-corrected chi connectivity index (χ4v) is 4.28. The lowest BCUT2D eigenvalue weighted by atomic mass is 10.1. The van der Waals surface area contributed by atoms with Crippen molar-refractivity contribution in [1.29, 1.82) is 5.41 Å². The van der Waals surface area contributed by atoms with Crippen LogP contribution < -0.4 is 0 Å². The number of imidazole rings is 1. The SMILES string of the molecule is Cn1cc(-c2c[nH]c(/C(=C\C=N)N3CC4CCC(C3)N4C(=O)OC(C)(C)C)n2)cn1. The monoisotopic (exact) mass is 411 g/mol. The Morgan fingerprint density at radius 2 is 2.00 bits per heavy atom. The van der Waals surface area contributed by atoms with Crippen LogP contribution in [-0.4, -0.2) is 72.6 Å². The van der Waals surface area contributed by atoms with Crippen LogP contribution in [-0.2, 0) is 11.8 Å². The van der Waals surface area contributed by atoms with Crippen molar-refractivity contribution in [3.05, 3.63) is 30.5 Å². The van der Waals surface area contributed by atoms with E-state index in [1.807, 2.05) is 45.1 Å². The lowest BCUT2D eigenvalue weighted by Gasteiger charge is -2.42. The number of hydrogen-bond donors (Lipinski definition) is 2. The molecule has 0 spiro atoms. The summed E-state index contributed by atoms with van der Waals surface area (Å²) in [7, 11) is 1.87. The summed E-state index contributed by atoms with van der Waals surface area (Å²) in [5.41, 5.74) is 2.10. The third-order valence-corrected chi connectivity index (χ3v) is 5.49. The number of aromatic nitrogens is 4. The molecular weight excluding hydrogens is 382 g/mol. The Bertz CT molecular complexity index is 954. The number of likely N-dealkylation sites (tertiary alicyclic amines) is 1. The molecular formula is C21H29N7O2. The number of H-pyrrole nitrogens is 1. The zero-order valence-corrected chi connectivity index (χ0v) is 17.9. The van der Waals surface area contributed by atoms with Crippen molar-refractivity contribution in [3.63, 3.8) is 0 Å². The first-order valence-corrected chi connectivity index (χ1v) is 10.3. The number of allylic oxidation sites excluding steroid dienone is 1. The molecule has 2 saturated heterocycles. The van der Waals surface area contributed by atoms with Gasteiger partial charge in [-0.05, 0) is 39.7 Å². The number of aryl methyl sites for hydroxylation is 1. The molecule has 2 aromatic rings. The number of carbonyl (C=O) groups excluding carboxylic acids is 1. The van der Waals surface area contributed by atoms with Crippen molar-refractivity contribution in [3.8, 4) is 11.3 Å². The van der Waals surface area contributed by atoms with E-state index < -0.39 is 5.60 Å². The zero-order chi connectivity index (χ0) is 21.5. The highest BCUT2D eigenvalue weighted by atomic mass is 16.6. The predicted molar refractivity (Wildman–Crippen MR) is 114 cm³/mol. The number of rotatable bonds is 4. The Morgan fingerprint density at radius 3 is 2.57 bits per heavy atom. The molecule has 4 heterocycles. The van der Waals surface area contributed by atoms with Gasteiger partial charge in [-0.25, -0.2) is 9.78 Å². The largest absolute Gasteiger partial charge is 0.444 e. The minimum absolute atomic E-state index is 0.0977. The lowest BCUT2D eigenvalue weighted by Crippen LogP contribution is -2.56. The van der Waals surface area contributed by atoms with Gasteiger partial charge in [0, 0.05) is 44.3 Å². The van der Waals surface area contributed by atoms with Crippen LogP contribution in [0.4, 0.5) is 4.79 Å². The smallest absolute Gasteiger partial charge is 0.410 e. The van der Waals surface area contributed by atoms with Gasteiger partial charge in [0.15, 0.2) is 5.82 Å². The van der Waals surface area contributed by atoms with Gasteiger partial charge in [-0.3, -0.25) is 9.58 Å². The number of piperazine rings is 1. The molecule has 2 aliphatic heterocycles. The maximum absolute atomic E-state index is 12.7. The van der Waals surface area contributed by atoms with Gasteiger partial charge >= 0.3 is 6.09 Å². The van der Waals surface area contributed by atoms with Gasteiger partial charge in [-0.1, -0.05) is 0 Å². The van der Waals surface area contributed by atoms with Crippen molar-refractivity contribution >= 4 is 18.0 Å². The van der Waals surface area contributed by atoms with Crippen LogP contribution in [0.15, 0.2) is 24.7 Å². The summed E-state index contributed by atoms with van der Waals surface area (Å²) in [6.45, 7) is 7.07. The van der Waals surface area contributed by atoms with E-state index in [1.165, 1.54) is 6.21 Å².